The van der Waals surface area contributed by atoms with Crippen LogP contribution < -0.4 is 10.6 Å². The molecule has 0 aromatic heterocycles. The number of carbonyl (C=O) groups excluding carboxylic acids is 2. The summed E-state index contributed by atoms with van der Waals surface area (Å²) in [6.45, 7) is 5.03. The standard InChI is InChI=1S/C25H30F2N4O3/c1-25(2,34)15-28-23(32)30-9-7-17(8-10-30)16-3-5-20(6-4-16)29-24(33)31-13-18-11-19(26)12-22(27)21(18)14-31/h3-6,11-12,17,34H,7-10,13-15H2,1-2H3,(H,28,32)(H,29,33). The fraction of sp³-hybridized carbons (Fsp3) is 0.440. The van der Waals surface area contributed by atoms with E-state index in [-0.39, 0.29) is 31.7 Å². The van der Waals surface area contributed by atoms with Crippen LogP contribution in [0, 0.1) is 11.6 Å². The van der Waals surface area contributed by atoms with Crippen molar-refractivity contribution in [3.63, 3.8) is 0 Å². The van der Waals surface area contributed by atoms with Crippen molar-refractivity contribution >= 4 is 17.7 Å². The summed E-state index contributed by atoms with van der Waals surface area (Å²) >= 11 is 0. The predicted octanol–water partition coefficient (Wildman–Crippen LogP) is 4.17. The van der Waals surface area contributed by atoms with E-state index in [1.54, 1.807) is 18.7 Å². The first kappa shape index (κ1) is 23.9. The van der Waals surface area contributed by atoms with Gasteiger partial charge in [0, 0.05) is 43.5 Å². The number of anilines is 1. The van der Waals surface area contributed by atoms with Gasteiger partial charge in [0.25, 0.3) is 0 Å². The Morgan fingerprint density at radius 2 is 1.71 bits per heavy atom. The second kappa shape index (κ2) is 9.58. The molecule has 2 aromatic rings. The maximum absolute atomic E-state index is 14.0. The fourth-order valence-corrected chi connectivity index (χ4v) is 4.43. The maximum atomic E-state index is 14.0. The minimum atomic E-state index is -0.946. The molecule has 4 amide bonds. The number of aliphatic hydroxyl groups is 1. The van der Waals surface area contributed by atoms with E-state index < -0.39 is 17.2 Å². The number of halogens is 2. The molecule has 34 heavy (non-hydrogen) atoms. The fourth-order valence-electron chi connectivity index (χ4n) is 4.43. The first-order chi connectivity index (χ1) is 16.1. The Morgan fingerprint density at radius 3 is 2.35 bits per heavy atom. The van der Waals surface area contributed by atoms with Gasteiger partial charge in [-0.3, -0.25) is 0 Å². The van der Waals surface area contributed by atoms with Gasteiger partial charge in [0.1, 0.15) is 11.6 Å². The summed E-state index contributed by atoms with van der Waals surface area (Å²) in [6.07, 6.45) is 1.66. The minimum absolute atomic E-state index is 0.104. The Balaban J connectivity index is 1.27. The number of nitrogens with zero attached hydrogens (tertiary/aromatic N) is 2. The third-order valence-corrected chi connectivity index (χ3v) is 6.34. The average molecular weight is 473 g/mol. The lowest BCUT2D eigenvalue weighted by atomic mass is 9.89. The van der Waals surface area contributed by atoms with Crippen LogP contribution in [0.3, 0.4) is 0 Å². The highest BCUT2D eigenvalue weighted by Gasteiger charge is 2.27. The van der Waals surface area contributed by atoms with Gasteiger partial charge < -0.3 is 25.5 Å². The number of benzene rings is 2. The van der Waals surface area contributed by atoms with Crippen LogP contribution in [0.1, 0.15) is 49.3 Å². The molecule has 0 bridgehead atoms. The van der Waals surface area contributed by atoms with E-state index >= 15 is 0 Å². The first-order valence-electron chi connectivity index (χ1n) is 11.5. The Morgan fingerprint density at radius 1 is 1.03 bits per heavy atom. The van der Waals surface area contributed by atoms with Crippen LogP contribution in [0.15, 0.2) is 36.4 Å². The van der Waals surface area contributed by atoms with Gasteiger partial charge in [0.2, 0.25) is 0 Å². The molecule has 7 nitrogen and oxygen atoms in total. The largest absolute Gasteiger partial charge is 0.389 e. The zero-order chi connectivity index (χ0) is 24.5. The van der Waals surface area contributed by atoms with Crippen molar-refractivity contribution in [3.05, 3.63) is 64.7 Å². The van der Waals surface area contributed by atoms with Crippen LogP contribution in [-0.2, 0) is 13.1 Å². The topological polar surface area (TPSA) is 84.9 Å². The Bertz CT molecular complexity index is 1060. The molecule has 0 atom stereocenters. The summed E-state index contributed by atoms with van der Waals surface area (Å²) in [7, 11) is 0. The van der Waals surface area contributed by atoms with Gasteiger partial charge in [-0.05, 0) is 61.9 Å². The van der Waals surface area contributed by atoms with Crippen molar-refractivity contribution in [2.24, 2.45) is 0 Å². The number of fused-ring (bicyclic) bond motifs is 1. The SMILES string of the molecule is CC(C)(O)CNC(=O)N1CCC(c2ccc(NC(=O)N3Cc4cc(F)cc(F)c4C3)cc2)CC1. The zero-order valence-corrected chi connectivity index (χ0v) is 19.4. The number of piperidine rings is 1. The number of carbonyl (C=O) groups is 2. The number of hydrogen-bond donors (Lipinski definition) is 3. The van der Waals surface area contributed by atoms with E-state index in [0.717, 1.165) is 24.5 Å². The number of rotatable bonds is 4. The summed E-state index contributed by atoms with van der Waals surface area (Å²) in [5.41, 5.74) is 1.66. The lowest BCUT2D eigenvalue weighted by Crippen LogP contribution is -2.48. The van der Waals surface area contributed by atoms with Crippen LogP contribution in [0.2, 0.25) is 0 Å². The van der Waals surface area contributed by atoms with Crippen molar-refractivity contribution in [2.75, 3.05) is 25.0 Å². The number of hydrogen-bond acceptors (Lipinski definition) is 3. The van der Waals surface area contributed by atoms with Gasteiger partial charge in [-0.2, -0.15) is 0 Å². The molecule has 3 N–H and O–H groups in total. The average Bonchev–Trinajstić information content (AvgIpc) is 3.22. The zero-order valence-electron chi connectivity index (χ0n) is 19.4. The lowest BCUT2D eigenvalue weighted by Gasteiger charge is -2.33. The molecule has 9 heteroatoms. The van der Waals surface area contributed by atoms with Gasteiger partial charge in [0.05, 0.1) is 12.1 Å². The van der Waals surface area contributed by atoms with E-state index in [9.17, 15) is 23.5 Å². The van der Waals surface area contributed by atoms with Crippen molar-refractivity contribution in [3.8, 4) is 0 Å². The summed E-state index contributed by atoms with van der Waals surface area (Å²) in [4.78, 5) is 28.1. The third-order valence-electron chi connectivity index (χ3n) is 6.34. The van der Waals surface area contributed by atoms with Gasteiger partial charge in [-0.25, -0.2) is 18.4 Å². The number of likely N-dealkylation sites (tertiary alicyclic amines) is 1. The molecule has 182 valence electrons. The van der Waals surface area contributed by atoms with Crippen LogP contribution in [0.5, 0.6) is 0 Å². The quantitative estimate of drug-likeness (QED) is 0.624. The highest BCUT2D eigenvalue weighted by Crippen LogP contribution is 2.30. The van der Waals surface area contributed by atoms with Crippen molar-refractivity contribution in [1.82, 2.24) is 15.1 Å². The van der Waals surface area contributed by atoms with Crippen molar-refractivity contribution < 1.29 is 23.5 Å². The molecule has 0 saturated carbocycles. The molecule has 1 fully saturated rings. The number of amides is 4. The Hall–Kier alpha value is -3.20. The molecule has 2 aromatic carbocycles. The molecule has 2 heterocycles. The normalized spacial score (nSPS) is 16.4. The molecule has 2 aliphatic rings. The van der Waals surface area contributed by atoms with Crippen LogP contribution in [0.4, 0.5) is 24.1 Å². The number of urea groups is 2. The van der Waals surface area contributed by atoms with E-state index in [0.29, 0.717) is 35.8 Å². The molecule has 0 spiro atoms. The summed E-state index contributed by atoms with van der Waals surface area (Å²) in [6, 6.07) is 9.18. The second-order valence-electron chi connectivity index (χ2n) is 9.67. The number of nitrogens with one attached hydrogen (secondary N) is 2. The monoisotopic (exact) mass is 472 g/mol. The third kappa shape index (κ3) is 5.64. The van der Waals surface area contributed by atoms with Crippen molar-refractivity contribution in [2.45, 2.75) is 51.3 Å². The van der Waals surface area contributed by atoms with E-state index in [1.807, 2.05) is 24.3 Å². The molecule has 0 unspecified atom stereocenters. The lowest BCUT2D eigenvalue weighted by molar-refractivity contribution is 0.0788. The van der Waals surface area contributed by atoms with E-state index in [1.165, 1.54) is 11.0 Å². The van der Waals surface area contributed by atoms with E-state index in [4.69, 9.17) is 0 Å². The van der Waals surface area contributed by atoms with Gasteiger partial charge in [0.15, 0.2) is 0 Å². The van der Waals surface area contributed by atoms with Gasteiger partial charge in [-0.15, -0.1) is 0 Å². The minimum Gasteiger partial charge on any atom is -0.389 e. The first-order valence-corrected chi connectivity index (χ1v) is 11.5. The Labute approximate surface area is 197 Å². The smallest absolute Gasteiger partial charge is 0.322 e. The molecule has 0 radical (unpaired) electrons. The molecule has 0 aliphatic carbocycles. The molecule has 2 aliphatic heterocycles. The highest BCUT2D eigenvalue weighted by atomic mass is 19.1. The molecular weight excluding hydrogens is 442 g/mol. The van der Waals surface area contributed by atoms with E-state index in [2.05, 4.69) is 10.6 Å². The van der Waals surface area contributed by atoms with Gasteiger partial charge in [-0.1, -0.05) is 12.1 Å². The summed E-state index contributed by atoms with van der Waals surface area (Å²) in [5.74, 6) is -0.959. The molecule has 4 rings (SSSR count). The van der Waals surface area contributed by atoms with Crippen LogP contribution >= 0.6 is 0 Å². The van der Waals surface area contributed by atoms with Crippen molar-refractivity contribution in [1.29, 1.82) is 0 Å². The highest BCUT2D eigenvalue weighted by molar-refractivity contribution is 5.89. The summed E-state index contributed by atoms with van der Waals surface area (Å²) < 4.78 is 27.4. The Kier molecular flexibility index (Phi) is 6.74. The molecule has 1 saturated heterocycles. The second-order valence-corrected chi connectivity index (χ2v) is 9.67. The summed E-state index contributed by atoms with van der Waals surface area (Å²) in [5, 5.41) is 15.3. The predicted molar refractivity (Wildman–Crippen MR) is 124 cm³/mol. The van der Waals surface area contributed by atoms with Gasteiger partial charge >= 0.3 is 12.1 Å². The maximum Gasteiger partial charge on any atom is 0.322 e. The van der Waals surface area contributed by atoms with Crippen LogP contribution in [-0.4, -0.2) is 52.2 Å². The van der Waals surface area contributed by atoms with Crippen LogP contribution in [0.25, 0.3) is 0 Å². The molecular formula is C25H30F2N4O3.